The maximum absolute atomic E-state index is 12.4. The molecule has 1 fully saturated rings. The van der Waals surface area contributed by atoms with Crippen LogP contribution in [-0.4, -0.2) is 36.9 Å². The molecule has 6 nitrogen and oxygen atoms in total. The van der Waals surface area contributed by atoms with Crippen molar-refractivity contribution in [2.75, 3.05) is 13.1 Å². The molecule has 0 bridgehead atoms. The second-order valence-corrected chi connectivity index (χ2v) is 8.89. The molecule has 0 amide bonds. The van der Waals surface area contributed by atoms with Crippen LogP contribution in [0, 0.1) is 5.92 Å². The van der Waals surface area contributed by atoms with E-state index < -0.39 is 10.0 Å². The van der Waals surface area contributed by atoms with Gasteiger partial charge in [0.25, 0.3) is 10.0 Å². The molecular weight excluding hydrogens is 354 g/mol. The molecule has 1 aliphatic heterocycles. The number of hydrogen-bond donors (Lipinski definition) is 2. The lowest BCUT2D eigenvalue weighted by molar-refractivity contribution is 0.291. The first kappa shape index (κ1) is 14.8. The minimum absolute atomic E-state index is 0.0495. The van der Waals surface area contributed by atoms with E-state index in [0.717, 1.165) is 3.79 Å². The Morgan fingerprint density at radius 1 is 1.47 bits per heavy atom. The lowest BCUT2D eigenvalue weighted by Crippen LogP contribution is -2.41. The van der Waals surface area contributed by atoms with Crippen molar-refractivity contribution in [1.29, 1.82) is 0 Å². The number of nitrogens with zero attached hydrogens (tertiary/aromatic N) is 2. The van der Waals surface area contributed by atoms with Crippen LogP contribution in [0.2, 0.25) is 0 Å². The largest absolute Gasteiger partial charge is 0.409 e. The first-order chi connectivity index (χ1) is 8.95. The number of halogens is 1. The molecule has 9 heteroatoms. The van der Waals surface area contributed by atoms with Crippen LogP contribution in [0.5, 0.6) is 0 Å². The summed E-state index contributed by atoms with van der Waals surface area (Å²) in [7, 11) is -3.42. The summed E-state index contributed by atoms with van der Waals surface area (Å²) in [6.45, 7) is 0.775. The first-order valence-electron chi connectivity index (χ1n) is 5.68. The molecule has 0 spiro atoms. The van der Waals surface area contributed by atoms with Crippen molar-refractivity contribution >= 4 is 43.1 Å². The van der Waals surface area contributed by atoms with Gasteiger partial charge in [-0.25, -0.2) is 8.42 Å². The second kappa shape index (κ2) is 5.78. The Kier molecular flexibility index (Phi) is 4.49. The molecule has 1 aromatic heterocycles. The smallest absolute Gasteiger partial charge is 0.252 e. The van der Waals surface area contributed by atoms with Crippen molar-refractivity contribution in [3.63, 3.8) is 0 Å². The van der Waals surface area contributed by atoms with E-state index in [1.807, 2.05) is 0 Å². The fourth-order valence-electron chi connectivity index (χ4n) is 2.04. The molecule has 19 heavy (non-hydrogen) atoms. The number of rotatable bonds is 3. The summed E-state index contributed by atoms with van der Waals surface area (Å²) in [4.78, 5) is 0. The van der Waals surface area contributed by atoms with E-state index >= 15 is 0 Å². The standard InChI is InChI=1S/C10H14BrN3O3S2/c11-8-1-2-9(18-8)19(16,17)14-5-3-7(4-6-14)10(12)13-15/h1-2,7,15H,3-6H2,(H2,12,13). The summed E-state index contributed by atoms with van der Waals surface area (Å²) in [5.74, 6) is 0.127. The fraction of sp³-hybridized carbons (Fsp3) is 0.500. The molecule has 0 radical (unpaired) electrons. The van der Waals surface area contributed by atoms with Crippen molar-refractivity contribution in [1.82, 2.24) is 4.31 Å². The molecule has 3 N–H and O–H groups in total. The van der Waals surface area contributed by atoms with Crippen molar-refractivity contribution in [2.24, 2.45) is 16.8 Å². The summed E-state index contributed by atoms with van der Waals surface area (Å²) >= 11 is 4.46. The summed E-state index contributed by atoms with van der Waals surface area (Å²) in [6.07, 6.45) is 1.14. The molecule has 2 rings (SSSR count). The molecule has 0 aliphatic carbocycles. The van der Waals surface area contributed by atoms with Crippen molar-refractivity contribution in [3.05, 3.63) is 15.9 Å². The van der Waals surface area contributed by atoms with Gasteiger partial charge in [-0.1, -0.05) is 5.16 Å². The van der Waals surface area contributed by atoms with Crippen LogP contribution in [0.25, 0.3) is 0 Å². The highest BCUT2D eigenvalue weighted by atomic mass is 79.9. The van der Waals surface area contributed by atoms with E-state index in [2.05, 4.69) is 21.1 Å². The molecular formula is C10H14BrN3O3S2. The Balaban J connectivity index is 2.09. The number of oxime groups is 1. The monoisotopic (exact) mass is 367 g/mol. The van der Waals surface area contributed by atoms with Crippen LogP contribution in [-0.2, 0) is 10.0 Å². The van der Waals surface area contributed by atoms with Crippen LogP contribution in [0.1, 0.15) is 12.8 Å². The summed E-state index contributed by atoms with van der Waals surface area (Å²) in [6, 6.07) is 3.32. The van der Waals surface area contributed by atoms with Gasteiger partial charge in [0, 0.05) is 19.0 Å². The third kappa shape index (κ3) is 3.10. The van der Waals surface area contributed by atoms with E-state index in [0.29, 0.717) is 30.1 Å². The van der Waals surface area contributed by atoms with Crippen LogP contribution in [0.3, 0.4) is 0 Å². The van der Waals surface area contributed by atoms with Crippen LogP contribution < -0.4 is 5.73 Å². The van der Waals surface area contributed by atoms with E-state index in [4.69, 9.17) is 10.9 Å². The van der Waals surface area contributed by atoms with Gasteiger partial charge in [0.05, 0.1) is 3.79 Å². The molecule has 1 aromatic rings. The Morgan fingerprint density at radius 2 is 2.11 bits per heavy atom. The fourth-order valence-corrected chi connectivity index (χ4v) is 5.67. The highest BCUT2D eigenvalue weighted by Crippen LogP contribution is 2.30. The molecule has 106 valence electrons. The maximum Gasteiger partial charge on any atom is 0.252 e. The Morgan fingerprint density at radius 3 is 2.58 bits per heavy atom. The van der Waals surface area contributed by atoms with E-state index in [9.17, 15) is 8.42 Å². The van der Waals surface area contributed by atoms with Crippen LogP contribution >= 0.6 is 27.3 Å². The van der Waals surface area contributed by atoms with Gasteiger partial charge in [-0.15, -0.1) is 11.3 Å². The Bertz CT molecular complexity index is 577. The topological polar surface area (TPSA) is 96.0 Å². The average molecular weight is 368 g/mol. The normalized spacial score (nSPS) is 19.7. The maximum atomic E-state index is 12.4. The molecule has 0 aromatic carbocycles. The van der Waals surface area contributed by atoms with Crippen molar-refractivity contribution in [2.45, 2.75) is 17.1 Å². The molecule has 2 heterocycles. The average Bonchev–Trinajstić information content (AvgIpc) is 2.85. The van der Waals surface area contributed by atoms with E-state index in [1.54, 1.807) is 12.1 Å². The summed E-state index contributed by atoms with van der Waals surface area (Å²) < 4.78 is 27.3. The molecule has 1 saturated heterocycles. The van der Waals surface area contributed by atoms with Gasteiger partial charge in [0.2, 0.25) is 0 Å². The van der Waals surface area contributed by atoms with Gasteiger partial charge in [-0.05, 0) is 40.9 Å². The zero-order chi connectivity index (χ0) is 14.0. The lowest BCUT2D eigenvalue weighted by atomic mass is 9.97. The molecule has 0 unspecified atom stereocenters. The zero-order valence-electron chi connectivity index (χ0n) is 9.99. The highest BCUT2D eigenvalue weighted by molar-refractivity contribution is 9.11. The molecule has 0 saturated carbocycles. The number of piperidine rings is 1. The lowest BCUT2D eigenvalue weighted by Gasteiger charge is -2.30. The van der Waals surface area contributed by atoms with Gasteiger partial charge in [-0.3, -0.25) is 0 Å². The third-order valence-corrected chi connectivity index (χ3v) is 7.12. The van der Waals surface area contributed by atoms with Gasteiger partial charge in [0.1, 0.15) is 10.0 Å². The van der Waals surface area contributed by atoms with E-state index in [1.165, 1.54) is 15.6 Å². The Labute approximate surface area is 124 Å². The molecule has 0 atom stereocenters. The predicted molar refractivity (Wildman–Crippen MR) is 76.9 cm³/mol. The van der Waals surface area contributed by atoms with Crippen LogP contribution in [0.15, 0.2) is 25.3 Å². The predicted octanol–water partition coefficient (Wildman–Crippen LogP) is 1.66. The third-order valence-electron chi connectivity index (χ3n) is 3.13. The number of thiophene rings is 1. The number of hydrogen-bond acceptors (Lipinski definition) is 5. The number of amidine groups is 1. The van der Waals surface area contributed by atoms with Gasteiger partial charge in [0.15, 0.2) is 0 Å². The number of sulfonamides is 1. The minimum atomic E-state index is -3.42. The first-order valence-corrected chi connectivity index (χ1v) is 8.73. The zero-order valence-corrected chi connectivity index (χ0v) is 13.2. The second-order valence-electron chi connectivity index (χ2n) is 4.26. The summed E-state index contributed by atoms with van der Waals surface area (Å²) in [5, 5.41) is 11.6. The van der Waals surface area contributed by atoms with Gasteiger partial charge in [-0.2, -0.15) is 4.31 Å². The SMILES string of the molecule is NC(=NO)C1CCN(S(=O)(=O)c2ccc(Br)s2)CC1. The quantitative estimate of drug-likeness (QED) is 0.367. The van der Waals surface area contributed by atoms with Gasteiger partial charge >= 0.3 is 0 Å². The number of nitrogens with two attached hydrogens (primary N) is 1. The molecule has 1 aliphatic rings. The highest BCUT2D eigenvalue weighted by Gasteiger charge is 2.31. The van der Waals surface area contributed by atoms with E-state index in [-0.39, 0.29) is 11.8 Å². The van der Waals surface area contributed by atoms with Crippen molar-refractivity contribution < 1.29 is 13.6 Å². The minimum Gasteiger partial charge on any atom is -0.409 e. The summed E-state index contributed by atoms with van der Waals surface area (Å²) in [5.41, 5.74) is 5.54. The Hall–Kier alpha value is -0.640. The van der Waals surface area contributed by atoms with Gasteiger partial charge < -0.3 is 10.9 Å². The van der Waals surface area contributed by atoms with Crippen molar-refractivity contribution in [3.8, 4) is 0 Å². The van der Waals surface area contributed by atoms with Crippen LogP contribution in [0.4, 0.5) is 0 Å².